The Morgan fingerprint density at radius 2 is 1.93 bits per heavy atom. The third-order valence-corrected chi connectivity index (χ3v) is 4.69. The molecule has 0 aromatic heterocycles. The van der Waals surface area contributed by atoms with Crippen LogP contribution in [-0.2, 0) is 16.1 Å². The lowest BCUT2D eigenvalue weighted by Crippen LogP contribution is -2.28. The molecule has 1 aliphatic rings. The molecule has 1 heterocycles. The molecule has 0 bridgehead atoms. The number of hydrogen-bond donors (Lipinski definition) is 1. The van der Waals surface area contributed by atoms with Gasteiger partial charge < -0.3 is 15.0 Å². The van der Waals surface area contributed by atoms with E-state index >= 15 is 0 Å². The predicted molar refractivity (Wildman–Crippen MR) is 106 cm³/mol. The standard InChI is InChI=1S/C22H26N2O3/c1-3-12-27-20-7-5-4-6-19(20)23-22(26)18-13-21(25)24(15-18)14-17-10-8-16(2)9-11-17/h4-11,18H,3,12-15H2,1-2H3,(H,23,26). The zero-order valence-electron chi connectivity index (χ0n) is 15.9. The highest BCUT2D eigenvalue weighted by atomic mass is 16.5. The lowest BCUT2D eigenvalue weighted by Gasteiger charge is -2.17. The van der Waals surface area contributed by atoms with Gasteiger partial charge in [0.1, 0.15) is 5.75 Å². The van der Waals surface area contributed by atoms with Gasteiger partial charge in [-0.05, 0) is 31.0 Å². The number of ether oxygens (including phenoxy) is 1. The van der Waals surface area contributed by atoms with Crippen LogP contribution in [0.25, 0.3) is 0 Å². The number of benzene rings is 2. The van der Waals surface area contributed by atoms with Gasteiger partial charge in [0.05, 0.1) is 18.2 Å². The Balaban J connectivity index is 1.61. The van der Waals surface area contributed by atoms with Gasteiger partial charge in [0.2, 0.25) is 11.8 Å². The van der Waals surface area contributed by atoms with Crippen molar-refractivity contribution < 1.29 is 14.3 Å². The monoisotopic (exact) mass is 366 g/mol. The number of rotatable bonds is 7. The minimum absolute atomic E-state index is 0.0197. The van der Waals surface area contributed by atoms with Crippen molar-refractivity contribution in [3.8, 4) is 5.75 Å². The van der Waals surface area contributed by atoms with Gasteiger partial charge in [-0.25, -0.2) is 0 Å². The summed E-state index contributed by atoms with van der Waals surface area (Å²) in [6.45, 7) is 5.65. The van der Waals surface area contributed by atoms with Crippen LogP contribution in [0.5, 0.6) is 5.75 Å². The number of para-hydroxylation sites is 2. The van der Waals surface area contributed by atoms with E-state index in [4.69, 9.17) is 4.74 Å². The molecule has 0 radical (unpaired) electrons. The predicted octanol–water partition coefficient (Wildman–Crippen LogP) is 3.77. The van der Waals surface area contributed by atoms with Gasteiger partial charge in [-0.2, -0.15) is 0 Å². The summed E-state index contributed by atoms with van der Waals surface area (Å²) >= 11 is 0. The number of carbonyl (C=O) groups is 2. The molecule has 2 aromatic carbocycles. The van der Waals surface area contributed by atoms with Crippen LogP contribution in [0.15, 0.2) is 48.5 Å². The molecule has 0 spiro atoms. The quantitative estimate of drug-likeness (QED) is 0.811. The van der Waals surface area contributed by atoms with Crippen LogP contribution in [0.2, 0.25) is 0 Å². The van der Waals surface area contributed by atoms with E-state index in [0.717, 1.165) is 12.0 Å². The van der Waals surface area contributed by atoms with E-state index < -0.39 is 0 Å². The Labute approximate surface area is 160 Å². The summed E-state index contributed by atoms with van der Waals surface area (Å²) < 4.78 is 5.69. The molecule has 1 atom stereocenters. The average molecular weight is 366 g/mol. The number of aryl methyl sites for hydroxylation is 1. The summed E-state index contributed by atoms with van der Waals surface area (Å²) in [4.78, 5) is 26.8. The first kappa shape index (κ1) is 19.0. The van der Waals surface area contributed by atoms with Crippen molar-refractivity contribution in [1.29, 1.82) is 0 Å². The molecular weight excluding hydrogens is 340 g/mol. The van der Waals surface area contributed by atoms with Gasteiger partial charge in [0, 0.05) is 19.5 Å². The fraction of sp³-hybridized carbons (Fsp3) is 0.364. The van der Waals surface area contributed by atoms with Gasteiger partial charge in [0.15, 0.2) is 0 Å². The Morgan fingerprint density at radius 1 is 1.19 bits per heavy atom. The molecule has 1 N–H and O–H groups in total. The van der Waals surface area contributed by atoms with Crippen LogP contribution < -0.4 is 10.1 Å². The zero-order valence-corrected chi connectivity index (χ0v) is 15.9. The second-order valence-electron chi connectivity index (χ2n) is 6.99. The molecule has 27 heavy (non-hydrogen) atoms. The molecule has 0 saturated carbocycles. The number of nitrogens with one attached hydrogen (secondary N) is 1. The Bertz CT molecular complexity index is 801. The van der Waals surface area contributed by atoms with Gasteiger partial charge in [0.25, 0.3) is 0 Å². The molecule has 1 aliphatic heterocycles. The third kappa shape index (κ3) is 4.88. The van der Waals surface area contributed by atoms with Crippen LogP contribution in [0.3, 0.4) is 0 Å². The zero-order chi connectivity index (χ0) is 19.2. The smallest absolute Gasteiger partial charge is 0.229 e. The Kier molecular flexibility index (Phi) is 6.12. The number of likely N-dealkylation sites (tertiary alicyclic amines) is 1. The third-order valence-electron chi connectivity index (χ3n) is 4.69. The van der Waals surface area contributed by atoms with Gasteiger partial charge in [-0.1, -0.05) is 48.9 Å². The van der Waals surface area contributed by atoms with Gasteiger partial charge >= 0.3 is 0 Å². The summed E-state index contributed by atoms with van der Waals surface area (Å²) in [5.41, 5.74) is 2.92. The molecule has 0 aliphatic carbocycles. The number of nitrogens with zero attached hydrogens (tertiary/aromatic N) is 1. The van der Waals surface area contributed by atoms with Crippen molar-refractivity contribution in [2.45, 2.75) is 33.2 Å². The molecule has 3 rings (SSSR count). The summed E-state index contributed by atoms with van der Waals surface area (Å²) in [7, 11) is 0. The molecule has 5 nitrogen and oxygen atoms in total. The molecule has 1 unspecified atom stereocenters. The minimum Gasteiger partial charge on any atom is -0.491 e. The van der Waals surface area contributed by atoms with Crippen LogP contribution in [0, 0.1) is 12.8 Å². The van der Waals surface area contributed by atoms with E-state index in [0.29, 0.717) is 31.1 Å². The molecule has 1 saturated heterocycles. The highest BCUT2D eigenvalue weighted by Gasteiger charge is 2.34. The second-order valence-corrected chi connectivity index (χ2v) is 6.99. The van der Waals surface area contributed by atoms with E-state index in [1.165, 1.54) is 5.56 Å². The summed E-state index contributed by atoms with van der Waals surface area (Å²) in [5, 5.41) is 2.93. The SMILES string of the molecule is CCCOc1ccccc1NC(=O)C1CC(=O)N(Cc2ccc(C)cc2)C1. The summed E-state index contributed by atoms with van der Waals surface area (Å²) in [6, 6.07) is 15.5. The molecular formula is C22H26N2O3. The van der Waals surface area contributed by atoms with E-state index in [1.807, 2.05) is 62.4 Å². The lowest BCUT2D eigenvalue weighted by atomic mass is 10.1. The van der Waals surface area contributed by atoms with Crippen LogP contribution in [-0.4, -0.2) is 29.9 Å². The van der Waals surface area contributed by atoms with Crippen molar-refractivity contribution in [3.63, 3.8) is 0 Å². The maximum Gasteiger partial charge on any atom is 0.229 e. The number of amides is 2. The van der Waals surface area contributed by atoms with Crippen molar-refractivity contribution >= 4 is 17.5 Å². The first-order valence-electron chi connectivity index (χ1n) is 9.43. The topological polar surface area (TPSA) is 58.6 Å². The molecule has 1 fully saturated rings. The molecule has 142 valence electrons. The minimum atomic E-state index is -0.345. The van der Waals surface area contributed by atoms with Crippen LogP contribution in [0.1, 0.15) is 30.9 Å². The van der Waals surface area contributed by atoms with Crippen molar-refractivity contribution in [3.05, 3.63) is 59.7 Å². The fourth-order valence-electron chi connectivity index (χ4n) is 3.16. The number of carbonyl (C=O) groups excluding carboxylic acids is 2. The average Bonchev–Trinajstić information content (AvgIpc) is 3.03. The summed E-state index contributed by atoms with van der Waals surface area (Å²) in [6.07, 6.45) is 1.14. The first-order valence-corrected chi connectivity index (χ1v) is 9.43. The first-order chi connectivity index (χ1) is 13.1. The van der Waals surface area contributed by atoms with Crippen LogP contribution in [0.4, 0.5) is 5.69 Å². The fourth-order valence-corrected chi connectivity index (χ4v) is 3.16. The molecule has 5 heteroatoms. The van der Waals surface area contributed by atoms with E-state index in [-0.39, 0.29) is 24.2 Å². The van der Waals surface area contributed by atoms with Crippen molar-refractivity contribution in [2.75, 3.05) is 18.5 Å². The van der Waals surface area contributed by atoms with E-state index in [1.54, 1.807) is 4.90 Å². The Hall–Kier alpha value is -2.82. The highest BCUT2D eigenvalue weighted by molar-refractivity contribution is 5.98. The molecule has 2 aromatic rings. The maximum atomic E-state index is 12.7. The number of anilines is 1. The molecule has 2 amide bonds. The van der Waals surface area contributed by atoms with Gasteiger partial charge in [-0.15, -0.1) is 0 Å². The number of hydrogen-bond acceptors (Lipinski definition) is 3. The van der Waals surface area contributed by atoms with Crippen molar-refractivity contribution in [1.82, 2.24) is 4.90 Å². The highest BCUT2D eigenvalue weighted by Crippen LogP contribution is 2.27. The van der Waals surface area contributed by atoms with E-state index in [2.05, 4.69) is 5.32 Å². The summed E-state index contributed by atoms with van der Waals surface area (Å²) in [5.74, 6) is 0.198. The largest absolute Gasteiger partial charge is 0.491 e. The maximum absolute atomic E-state index is 12.7. The van der Waals surface area contributed by atoms with Crippen LogP contribution >= 0.6 is 0 Å². The van der Waals surface area contributed by atoms with Gasteiger partial charge in [-0.3, -0.25) is 9.59 Å². The van der Waals surface area contributed by atoms with E-state index in [9.17, 15) is 9.59 Å². The lowest BCUT2D eigenvalue weighted by molar-refractivity contribution is -0.128. The second kappa shape index (κ2) is 8.71. The Morgan fingerprint density at radius 3 is 2.67 bits per heavy atom. The van der Waals surface area contributed by atoms with Crippen molar-refractivity contribution in [2.24, 2.45) is 5.92 Å². The normalized spacial score (nSPS) is 16.4.